The van der Waals surface area contributed by atoms with E-state index in [1.807, 2.05) is 19.1 Å². The van der Waals surface area contributed by atoms with E-state index in [-0.39, 0.29) is 5.91 Å². The zero-order chi connectivity index (χ0) is 18.6. The Hall–Kier alpha value is -1.96. The summed E-state index contributed by atoms with van der Waals surface area (Å²) in [4.78, 5) is 22.7. The summed E-state index contributed by atoms with van der Waals surface area (Å²) in [6.07, 6.45) is 2.52. The number of rotatable bonds is 5. The minimum Gasteiger partial charge on any atom is -0.379 e. The van der Waals surface area contributed by atoms with Gasteiger partial charge in [-0.2, -0.15) is 0 Å². The summed E-state index contributed by atoms with van der Waals surface area (Å²) in [5.41, 5.74) is 2.85. The number of ether oxygens (including phenoxy) is 1. The van der Waals surface area contributed by atoms with E-state index in [0.717, 1.165) is 62.3 Å². The predicted molar refractivity (Wildman–Crippen MR) is 109 cm³/mol. The summed E-state index contributed by atoms with van der Waals surface area (Å²) < 4.78 is 5.39. The molecule has 6 nitrogen and oxygen atoms in total. The van der Waals surface area contributed by atoms with Gasteiger partial charge < -0.3 is 15.0 Å². The summed E-state index contributed by atoms with van der Waals surface area (Å²) in [7, 11) is 0. The van der Waals surface area contributed by atoms with Gasteiger partial charge in [-0.15, -0.1) is 11.3 Å². The maximum atomic E-state index is 12.7. The number of amides is 1. The molecular formula is C20H26N4O2S. The lowest BCUT2D eigenvalue weighted by atomic mass is 10.2. The smallest absolute Gasteiger partial charge is 0.267 e. The molecule has 7 heteroatoms. The molecule has 2 aliphatic heterocycles. The van der Waals surface area contributed by atoms with Crippen LogP contribution in [-0.2, 0) is 11.3 Å². The Balaban J connectivity index is 1.38. The van der Waals surface area contributed by atoms with E-state index in [0.29, 0.717) is 4.88 Å². The number of hydrogen-bond acceptors (Lipinski definition) is 6. The first-order valence-corrected chi connectivity index (χ1v) is 10.4. The molecule has 1 aromatic carbocycles. The van der Waals surface area contributed by atoms with Crippen LogP contribution in [0.1, 0.15) is 33.2 Å². The topological polar surface area (TPSA) is 57.7 Å². The van der Waals surface area contributed by atoms with Gasteiger partial charge in [-0.1, -0.05) is 0 Å². The highest BCUT2D eigenvalue weighted by atomic mass is 32.1. The van der Waals surface area contributed by atoms with E-state index < -0.39 is 0 Å². The van der Waals surface area contributed by atoms with Gasteiger partial charge in [0.15, 0.2) is 0 Å². The zero-order valence-electron chi connectivity index (χ0n) is 15.7. The predicted octanol–water partition coefficient (Wildman–Crippen LogP) is 3.14. The Morgan fingerprint density at radius 1 is 1.15 bits per heavy atom. The molecule has 1 N–H and O–H groups in total. The fraction of sp³-hybridized carbons (Fsp3) is 0.500. The number of thiazole rings is 1. The minimum atomic E-state index is -0.0767. The highest BCUT2D eigenvalue weighted by Gasteiger charge is 2.19. The molecule has 1 amide bonds. The van der Waals surface area contributed by atoms with Crippen LogP contribution in [0.4, 0.5) is 11.4 Å². The van der Waals surface area contributed by atoms with Crippen LogP contribution in [0.5, 0.6) is 0 Å². The summed E-state index contributed by atoms with van der Waals surface area (Å²) in [5, 5.41) is 4.00. The average Bonchev–Trinajstić information content (AvgIpc) is 3.33. The average molecular weight is 387 g/mol. The van der Waals surface area contributed by atoms with Crippen molar-refractivity contribution >= 4 is 28.6 Å². The lowest BCUT2D eigenvalue weighted by Gasteiger charge is -2.25. The van der Waals surface area contributed by atoms with Crippen LogP contribution < -0.4 is 10.2 Å². The number of nitrogens with zero attached hydrogens (tertiary/aromatic N) is 3. The Labute approximate surface area is 164 Å². The van der Waals surface area contributed by atoms with Crippen LogP contribution in [0.3, 0.4) is 0 Å². The number of carbonyl (C=O) groups excluding carboxylic acids is 1. The van der Waals surface area contributed by atoms with Crippen molar-refractivity contribution in [2.24, 2.45) is 0 Å². The molecule has 144 valence electrons. The maximum absolute atomic E-state index is 12.7. The molecule has 2 fully saturated rings. The van der Waals surface area contributed by atoms with Crippen LogP contribution in [0.15, 0.2) is 24.3 Å². The summed E-state index contributed by atoms with van der Waals surface area (Å²) in [6, 6.07) is 8.14. The molecule has 2 aliphatic rings. The van der Waals surface area contributed by atoms with Gasteiger partial charge in [0.2, 0.25) is 0 Å². The fourth-order valence-electron chi connectivity index (χ4n) is 3.60. The van der Waals surface area contributed by atoms with Crippen molar-refractivity contribution in [1.29, 1.82) is 0 Å². The van der Waals surface area contributed by atoms with Gasteiger partial charge in [0, 0.05) is 37.6 Å². The minimum absolute atomic E-state index is 0.0767. The molecule has 3 heterocycles. The standard InChI is InChI=1S/C20H26N4O2S/c1-15-19(27-18(21-15)14-23-10-12-26-13-11-23)20(25)22-16-4-6-17(7-5-16)24-8-2-3-9-24/h4-7H,2-3,8-14H2,1H3,(H,22,25). The zero-order valence-corrected chi connectivity index (χ0v) is 16.6. The van der Waals surface area contributed by atoms with Gasteiger partial charge in [-0.3, -0.25) is 9.69 Å². The molecule has 0 aliphatic carbocycles. The van der Waals surface area contributed by atoms with Crippen LogP contribution in [-0.4, -0.2) is 55.2 Å². The number of carbonyl (C=O) groups is 1. The number of aryl methyl sites for hydroxylation is 1. The first-order chi connectivity index (χ1) is 13.2. The van der Waals surface area contributed by atoms with Gasteiger partial charge >= 0.3 is 0 Å². The monoisotopic (exact) mass is 386 g/mol. The molecule has 0 radical (unpaired) electrons. The van der Waals surface area contributed by atoms with Crippen molar-refractivity contribution in [3.8, 4) is 0 Å². The fourth-order valence-corrected chi connectivity index (χ4v) is 4.60. The van der Waals surface area contributed by atoms with Crippen molar-refractivity contribution in [3.05, 3.63) is 39.8 Å². The van der Waals surface area contributed by atoms with Gasteiger partial charge in [0.05, 0.1) is 25.5 Å². The van der Waals surface area contributed by atoms with Crippen LogP contribution in [0.2, 0.25) is 0 Å². The summed E-state index contributed by atoms with van der Waals surface area (Å²) in [5.74, 6) is -0.0767. The second kappa shape index (κ2) is 8.37. The largest absolute Gasteiger partial charge is 0.379 e. The molecule has 0 atom stereocenters. The molecule has 1 aromatic heterocycles. The first kappa shape index (κ1) is 18.4. The number of anilines is 2. The lowest BCUT2D eigenvalue weighted by molar-refractivity contribution is 0.0341. The summed E-state index contributed by atoms with van der Waals surface area (Å²) >= 11 is 1.49. The molecular weight excluding hydrogens is 360 g/mol. The molecule has 2 saturated heterocycles. The Kier molecular flexibility index (Phi) is 5.71. The first-order valence-electron chi connectivity index (χ1n) is 9.62. The van der Waals surface area contributed by atoms with Gasteiger partial charge in [0.25, 0.3) is 5.91 Å². The number of hydrogen-bond donors (Lipinski definition) is 1. The van der Waals surface area contributed by atoms with Crippen molar-refractivity contribution < 1.29 is 9.53 Å². The van der Waals surface area contributed by atoms with E-state index >= 15 is 0 Å². The molecule has 4 rings (SSSR count). The quantitative estimate of drug-likeness (QED) is 0.856. The number of benzene rings is 1. The van der Waals surface area contributed by atoms with E-state index in [1.54, 1.807) is 0 Å². The van der Waals surface area contributed by atoms with Gasteiger partial charge in [-0.05, 0) is 44.0 Å². The van der Waals surface area contributed by atoms with Crippen molar-refractivity contribution in [3.63, 3.8) is 0 Å². The molecule has 0 unspecified atom stereocenters. The van der Waals surface area contributed by atoms with E-state index in [2.05, 4.69) is 32.2 Å². The van der Waals surface area contributed by atoms with Gasteiger partial charge in [0.1, 0.15) is 9.88 Å². The van der Waals surface area contributed by atoms with Crippen molar-refractivity contribution in [2.45, 2.75) is 26.3 Å². The maximum Gasteiger partial charge on any atom is 0.267 e. The molecule has 0 saturated carbocycles. The van der Waals surface area contributed by atoms with Crippen LogP contribution >= 0.6 is 11.3 Å². The highest BCUT2D eigenvalue weighted by Crippen LogP contribution is 2.24. The second-order valence-electron chi connectivity index (χ2n) is 7.11. The lowest BCUT2D eigenvalue weighted by Crippen LogP contribution is -2.35. The van der Waals surface area contributed by atoms with E-state index in [1.165, 1.54) is 29.9 Å². The third-order valence-electron chi connectivity index (χ3n) is 5.11. The summed E-state index contributed by atoms with van der Waals surface area (Å²) in [6.45, 7) is 8.32. The molecule has 0 bridgehead atoms. The molecule has 27 heavy (non-hydrogen) atoms. The highest BCUT2D eigenvalue weighted by molar-refractivity contribution is 7.13. The van der Waals surface area contributed by atoms with Crippen LogP contribution in [0, 0.1) is 6.92 Å². The Morgan fingerprint density at radius 3 is 2.56 bits per heavy atom. The molecule has 0 spiro atoms. The van der Waals surface area contributed by atoms with E-state index in [4.69, 9.17) is 4.74 Å². The van der Waals surface area contributed by atoms with E-state index in [9.17, 15) is 4.79 Å². The Morgan fingerprint density at radius 2 is 1.85 bits per heavy atom. The third kappa shape index (κ3) is 4.48. The van der Waals surface area contributed by atoms with Gasteiger partial charge in [-0.25, -0.2) is 4.98 Å². The number of aromatic nitrogens is 1. The number of morpholine rings is 1. The van der Waals surface area contributed by atoms with Crippen molar-refractivity contribution in [2.75, 3.05) is 49.6 Å². The third-order valence-corrected chi connectivity index (χ3v) is 6.25. The Bertz CT molecular complexity index is 778. The molecule has 2 aromatic rings. The van der Waals surface area contributed by atoms with Crippen LogP contribution in [0.25, 0.3) is 0 Å². The normalized spacial score (nSPS) is 18.0. The SMILES string of the molecule is Cc1nc(CN2CCOCC2)sc1C(=O)Nc1ccc(N2CCCC2)cc1. The van der Waals surface area contributed by atoms with Crippen molar-refractivity contribution in [1.82, 2.24) is 9.88 Å². The second-order valence-corrected chi connectivity index (χ2v) is 8.19. The number of nitrogens with one attached hydrogen (secondary N) is 1.